The minimum absolute atomic E-state index is 0.0182. The van der Waals surface area contributed by atoms with E-state index in [9.17, 15) is 14.4 Å². The van der Waals surface area contributed by atoms with Crippen LogP contribution in [0.1, 0.15) is 5.82 Å². The maximum Gasteiger partial charge on any atom is 0.327 e. The molecule has 0 saturated carbocycles. The number of imide groups is 1. The molecule has 0 atom stereocenters. The molecule has 0 bridgehead atoms. The van der Waals surface area contributed by atoms with E-state index in [0.717, 1.165) is 4.90 Å². The van der Waals surface area contributed by atoms with Crippen molar-refractivity contribution in [2.75, 3.05) is 20.1 Å². The van der Waals surface area contributed by atoms with Crippen molar-refractivity contribution >= 4 is 17.8 Å². The number of likely N-dealkylation sites (N-methyl/N-ethyl adjacent to an activating group) is 1. The van der Waals surface area contributed by atoms with Crippen LogP contribution in [0.15, 0.2) is 12.4 Å². The quantitative estimate of drug-likeness (QED) is 0.665. The van der Waals surface area contributed by atoms with Gasteiger partial charge >= 0.3 is 6.03 Å². The van der Waals surface area contributed by atoms with Gasteiger partial charge in [-0.25, -0.2) is 9.78 Å². The fourth-order valence-corrected chi connectivity index (χ4v) is 1.60. The van der Waals surface area contributed by atoms with Gasteiger partial charge in [-0.3, -0.25) is 14.5 Å². The van der Waals surface area contributed by atoms with Crippen LogP contribution in [-0.4, -0.2) is 57.8 Å². The van der Waals surface area contributed by atoms with Crippen molar-refractivity contribution in [1.82, 2.24) is 25.1 Å². The van der Waals surface area contributed by atoms with E-state index in [4.69, 9.17) is 0 Å². The minimum atomic E-state index is -0.451. The molecule has 1 aliphatic heterocycles. The van der Waals surface area contributed by atoms with Crippen molar-refractivity contribution in [3.63, 3.8) is 0 Å². The van der Waals surface area contributed by atoms with Crippen molar-refractivity contribution in [3.05, 3.63) is 18.2 Å². The first-order valence-electron chi connectivity index (χ1n) is 5.38. The first-order chi connectivity index (χ1) is 8.58. The molecule has 2 rings (SSSR count). The van der Waals surface area contributed by atoms with Crippen molar-refractivity contribution in [1.29, 1.82) is 0 Å². The molecule has 2 N–H and O–H groups in total. The van der Waals surface area contributed by atoms with Gasteiger partial charge in [-0.05, 0) is 0 Å². The highest BCUT2D eigenvalue weighted by atomic mass is 16.2. The molecule has 1 aliphatic rings. The summed E-state index contributed by atoms with van der Waals surface area (Å²) in [7, 11) is 1.51. The number of urea groups is 1. The molecule has 1 aromatic heterocycles. The summed E-state index contributed by atoms with van der Waals surface area (Å²) in [6.45, 7) is -0.00902. The van der Waals surface area contributed by atoms with Gasteiger partial charge in [0.1, 0.15) is 18.9 Å². The highest BCUT2D eigenvalue weighted by molar-refractivity contribution is 6.04. The highest BCUT2D eigenvalue weighted by Gasteiger charge is 2.34. The van der Waals surface area contributed by atoms with E-state index < -0.39 is 11.9 Å². The maximum atomic E-state index is 11.6. The third kappa shape index (κ3) is 2.47. The van der Waals surface area contributed by atoms with E-state index in [-0.39, 0.29) is 25.5 Å². The van der Waals surface area contributed by atoms with Crippen molar-refractivity contribution in [2.24, 2.45) is 0 Å². The molecule has 4 amide bonds. The predicted octanol–water partition coefficient (Wildman–Crippen LogP) is -1.08. The predicted molar refractivity (Wildman–Crippen MR) is 60.2 cm³/mol. The molecule has 8 heteroatoms. The van der Waals surface area contributed by atoms with Crippen molar-refractivity contribution < 1.29 is 14.4 Å². The summed E-state index contributed by atoms with van der Waals surface area (Å²) in [6.07, 6.45) is 3.22. The van der Waals surface area contributed by atoms with E-state index in [0.29, 0.717) is 5.82 Å². The molecule has 96 valence electrons. The Balaban J connectivity index is 1.84. The van der Waals surface area contributed by atoms with Crippen LogP contribution in [0.2, 0.25) is 0 Å². The second-order valence-corrected chi connectivity index (χ2v) is 3.93. The van der Waals surface area contributed by atoms with E-state index in [1.165, 1.54) is 11.9 Å². The number of rotatable bonds is 4. The molecule has 0 aromatic carbocycles. The fraction of sp³-hybridized carbons (Fsp3) is 0.400. The van der Waals surface area contributed by atoms with Crippen molar-refractivity contribution in [3.8, 4) is 0 Å². The Bertz CT molecular complexity index is 470. The van der Waals surface area contributed by atoms with Crippen LogP contribution in [0.5, 0.6) is 0 Å². The molecule has 8 nitrogen and oxygen atoms in total. The first kappa shape index (κ1) is 12.1. The lowest BCUT2D eigenvalue weighted by Gasteiger charge is -2.13. The van der Waals surface area contributed by atoms with Gasteiger partial charge in [0.05, 0.1) is 6.54 Å². The summed E-state index contributed by atoms with van der Waals surface area (Å²) in [5, 5.41) is 2.57. The van der Waals surface area contributed by atoms with Gasteiger partial charge in [0, 0.05) is 19.4 Å². The average Bonchev–Trinajstić information content (AvgIpc) is 2.92. The summed E-state index contributed by atoms with van der Waals surface area (Å²) in [4.78, 5) is 43.5. The Morgan fingerprint density at radius 1 is 1.56 bits per heavy atom. The lowest BCUT2D eigenvalue weighted by Crippen LogP contribution is -2.40. The van der Waals surface area contributed by atoms with Gasteiger partial charge < -0.3 is 15.2 Å². The number of H-pyrrole nitrogens is 1. The van der Waals surface area contributed by atoms with E-state index in [2.05, 4.69) is 15.3 Å². The zero-order valence-corrected chi connectivity index (χ0v) is 9.84. The minimum Gasteiger partial charge on any atom is -0.347 e. The van der Waals surface area contributed by atoms with Gasteiger partial charge in [-0.15, -0.1) is 0 Å². The lowest BCUT2D eigenvalue weighted by atomic mass is 10.4. The number of hydrogen-bond acceptors (Lipinski definition) is 4. The second kappa shape index (κ2) is 4.86. The molecule has 0 unspecified atom stereocenters. The van der Waals surface area contributed by atoms with Crippen LogP contribution >= 0.6 is 0 Å². The third-order valence-electron chi connectivity index (χ3n) is 2.54. The normalized spacial score (nSPS) is 15.4. The number of amides is 4. The van der Waals surface area contributed by atoms with Crippen LogP contribution in [0, 0.1) is 0 Å². The number of nitrogens with one attached hydrogen (secondary N) is 2. The first-order valence-corrected chi connectivity index (χ1v) is 5.38. The Kier molecular flexibility index (Phi) is 3.26. The number of aromatic nitrogens is 2. The number of aromatic amines is 1. The fourth-order valence-electron chi connectivity index (χ4n) is 1.60. The third-order valence-corrected chi connectivity index (χ3v) is 2.54. The monoisotopic (exact) mass is 251 g/mol. The second-order valence-electron chi connectivity index (χ2n) is 3.93. The topological polar surface area (TPSA) is 98.4 Å². The Hall–Kier alpha value is -2.38. The van der Waals surface area contributed by atoms with E-state index >= 15 is 0 Å². The van der Waals surface area contributed by atoms with Crippen LogP contribution in [0.3, 0.4) is 0 Å². The summed E-state index contributed by atoms with van der Waals surface area (Å²) in [5.74, 6) is -0.154. The Labute approximate surface area is 103 Å². The zero-order chi connectivity index (χ0) is 13.1. The molecule has 0 spiro atoms. The summed E-state index contributed by atoms with van der Waals surface area (Å²) in [5.41, 5.74) is 0. The van der Waals surface area contributed by atoms with Crippen LogP contribution in [-0.2, 0) is 16.1 Å². The van der Waals surface area contributed by atoms with Gasteiger partial charge in [0.2, 0.25) is 5.91 Å². The summed E-state index contributed by atoms with van der Waals surface area (Å²) >= 11 is 0. The molecule has 2 heterocycles. The van der Waals surface area contributed by atoms with Crippen LogP contribution in [0.4, 0.5) is 4.79 Å². The van der Waals surface area contributed by atoms with Crippen LogP contribution < -0.4 is 5.32 Å². The number of carbonyl (C=O) groups is 3. The Morgan fingerprint density at radius 3 is 2.89 bits per heavy atom. The molecule has 18 heavy (non-hydrogen) atoms. The SMILES string of the molecule is CN1CC(=O)N(CC(=O)NCc2ncc[nH]2)C1=O. The number of imidazole rings is 1. The molecular formula is C10H13N5O3. The molecule has 1 aromatic rings. The number of hydrogen-bond donors (Lipinski definition) is 2. The average molecular weight is 251 g/mol. The van der Waals surface area contributed by atoms with E-state index in [1.807, 2.05) is 0 Å². The zero-order valence-electron chi connectivity index (χ0n) is 9.84. The van der Waals surface area contributed by atoms with Gasteiger partial charge in [-0.1, -0.05) is 0 Å². The standard InChI is InChI=1S/C10H13N5O3/c1-14-6-9(17)15(10(14)18)5-8(16)13-4-7-11-2-3-12-7/h2-3H,4-6H2,1H3,(H,11,12)(H,13,16). The van der Waals surface area contributed by atoms with Crippen molar-refractivity contribution in [2.45, 2.75) is 6.54 Å². The highest BCUT2D eigenvalue weighted by Crippen LogP contribution is 2.06. The molecule has 1 saturated heterocycles. The molecule has 1 fully saturated rings. The van der Waals surface area contributed by atoms with Crippen LogP contribution in [0.25, 0.3) is 0 Å². The molecule has 0 radical (unpaired) electrons. The number of carbonyl (C=O) groups excluding carboxylic acids is 3. The largest absolute Gasteiger partial charge is 0.347 e. The lowest BCUT2D eigenvalue weighted by molar-refractivity contribution is -0.130. The molecular weight excluding hydrogens is 238 g/mol. The van der Waals surface area contributed by atoms with Gasteiger partial charge in [0.25, 0.3) is 5.91 Å². The maximum absolute atomic E-state index is 11.6. The van der Waals surface area contributed by atoms with Gasteiger partial charge in [-0.2, -0.15) is 0 Å². The molecule has 0 aliphatic carbocycles. The summed E-state index contributed by atoms with van der Waals surface area (Å²) < 4.78 is 0. The van der Waals surface area contributed by atoms with Gasteiger partial charge in [0.15, 0.2) is 0 Å². The Morgan fingerprint density at radius 2 is 2.33 bits per heavy atom. The summed E-state index contributed by atoms with van der Waals surface area (Å²) in [6, 6.07) is -0.451. The van der Waals surface area contributed by atoms with E-state index in [1.54, 1.807) is 12.4 Å². The number of nitrogens with zero attached hydrogens (tertiary/aromatic N) is 3. The smallest absolute Gasteiger partial charge is 0.327 e.